The summed E-state index contributed by atoms with van der Waals surface area (Å²) < 4.78 is 0. The number of benzene rings is 3. The number of carbonyl (C=O) groups is 2. The first-order valence-electron chi connectivity index (χ1n) is 9.64. The van der Waals surface area contributed by atoms with E-state index in [0.717, 1.165) is 6.42 Å². The van der Waals surface area contributed by atoms with E-state index in [0.29, 0.717) is 17.9 Å². The smallest absolute Gasteiger partial charge is 0.319 e. The molecule has 0 spiro atoms. The van der Waals surface area contributed by atoms with Crippen LogP contribution in [0, 0.1) is 0 Å². The van der Waals surface area contributed by atoms with Crippen LogP contribution in [0.25, 0.3) is 0 Å². The zero-order valence-corrected chi connectivity index (χ0v) is 16.4. The first-order chi connectivity index (χ1) is 14.1. The number of rotatable bonds is 7. The summed E-state index contributed by atoms with van der Waals surface area (Å²) in [5, 5.41) is 8.43. The summed E-state index contributed by atoms with van der Waals surface area (Å²) in [6.07, 6.45) is 0.785. The molecule has 3 amide bonds. The SMILES string of the molecule is CC(=O)Nc1cccc(NC(=O)NCCC(c2ccccc2)c2ccccc2)c1. The van der Waals surface area contributed by atoms with Gasteiger partial charge in [0.2, 0.25) is 5.91 Å². The fourth-order valence-corrected chi connectivity index (χ4v) is 3.28. The summed E-state index contributed by atoms with van der Waals surface area (Å²) >= 11 is 0. The Morgan fingerprint density at radius 2 is 1.31 bits per heavy atom. The highest BCUT2D eigenvalue weighted by Gasteiger charge is 2.14. The van der Waals surface area contributed by atoms with Crippen LogP contribution in [-0.4, -0.2) is 18.5 Å². The Morgan fingerprint density at radius 1 is 0.759 bits per heavy atom. The van der Waals surface area contributed by atoms with Crippen molar-refractivity contribution < 1.29 is 9.59 Å². The van der Waals surface area contributed by atoms with Gasteiger partial charge in [-0.15, -0.1) is 0 Å². The number of amides is 3. The Labute approximate surface area is 171 Å². The Bertz CT molecular complexity index is 903. The summed E-state index contributed by atoms with van der Waals surface area (Å²) in [6.45, 7) is 1.98. The molecule has 0 unspecified atom stereocenters. The highest BCUT2D eigenvalue weighted by atomic mass is 16.2. The van der Waals surface area contributed by atoms with Crippen LogP contribution in [0.15, 0.2) is 84.9 Å². The third-order valence-electron chi connectivity index (χ3n) is 4.56. The molecule has 3 aromatic rings. The monoisotopic (exact) mass is 387 g/mol. The predicted octanol–water partition coefficient (Wildman–Crippen LogP) is 4.99. The first kappa shape index (κ1) is 20.1. The van der Waals surface area contributed by atoms with Gasteiger partial charge in [-0.05, 0) is 35.7 Å². The Kier molecular flexibility index (Phi) is 7.00. The summed E-state index contributed by atoms with van der Waals surface area (Å²) in [7, 11) is 0. The van der Waals surface area contributed by atoms with Crippen molar-refractivity contribution >= 4 is 23.3 Å². The standard InChI is InChI=1S/C24H25N3O2/c1-18(28)26-21-13-8-14-22(17-21)27-24(29)25-16-15-23(19-9-4-2-5-10-19)20-11-6-3-7-12-20/h2-14,17,23H,15-16H2,1H3,(H,26,28)(H2,25,27,29). The molecule has 0 aromatic heterocycles. The molecule has 3 rings (SSSR count). The van der Waals surface area contributed by atoms with Gasteiger partial charge in [0.25, 0.3) is 0 Å². The topological polar surface area (TPSA) is 70.2 Å². The molecule has 0 radical (unpaired) electrons. The number of urea groups is 1. The van der Waals surface area contributed by atoms with Crippen molar-refractivity contribution in [1.29, 1.82) is 0 Å². The van der Waals surface area contributed by atoms with E-state index in [4.69, 9.17) is 0 Å². The van der Waals surface area contributed by atoms with Gasteiger partial charge in [-0.3, -0.25) is 4.79 Å². The van der Waals surface area contributed by atoms with Crippen molar-refractivity contribution in [2.75, 3.05) is 17.2 Å². The van der Waals surface area contributed by atoms with Gasteiger partial charge in [0.15, 0.2) is 0 Å². The minimum absolute atomic E-state index is 0.153. The quantitative estimate of drug-likeness (QED) is 0.535. The molecule has 0 fully saturated rings. The lowest BCUT2D eigenvalue weighted by Crippen LogP contribution is -2.30. The maximum absolute atomic E-state index is 12.3. The zero-order chi connectivity index (χ0) is 20.5. The largest absolute Gasteiger partial charge is 0.338 e. The zero-order valence-electron chi connectivity index (χ0n) is 16.4. The second-order valence-electron chi connectivity index (χ2n) is 6.81. The van der Waals surface area contributed by atoms with Crippen LogP contribution in [0.1, 0.15) is 30.4 Å². The van der Waals surface area contributed by atoms with Crippen LogP contribution in [0.4, 0.5) is 16.2 Å². The van der Waals surface area contributed by atoms with Crippen molar-refractivity contribution in [2.45, 2.75) is 19.3 Å². The van der Waals surface area contributed by atoms with Gasteiger partial charge in [0.05, 0.1) is 0 Å². The fourth-order valence-electron chi connectivity index (χ4n) is 3.28. The van der Waals surface area contributed by atoms with Gasteiger partial charge in [0, 0.05) is 30.8 Å². The van der Waals surface area contributed by atoms with Crippen molar-refractivity contribution in [3.05, 3.63) is 96.1 Å². The number of anilines is 2. The molecule has 29 heavy (non-hydrogen) atoms. The first-order valence-corrected chi connectivity index (χ1v) is 9.64. The minimum Gasteiger partial charge on any atom is -0.338 e. The van der Waals surface area contributed by atoms with Crippen LogP contribution < -0.4 is 16.0 Å². The lowest BCUT2D eigenvalue weighted by molar-refractivity contribution is -0.114. The van der Waals surface area contributed by atoms with E-state index in [1.807, 2.05) is 36.4 Å². The lowest BCUT2D eigenvalue weighted by atomic mass is 9.88. The molecule has 0 aliphatic heterocycles. The normalized spacial score (nSPS) is 10.4. The third kappa shape index (κ3) is 6.21. The van der Waals surface area contributed by atoms with E-state index in [1.54, 1.807) is 24.3 Å². The molecule has 5 heteroatoms. The van der Waals surface area contributed by atoms with Crippen LogP contribution >= 0.6 is 0 Å². The molecule has 0 heterocycles. The number of hydrogen-bond acceptors (Lipinski definition) is 2. The number of hydrogen-bond donors (Lipinski definition) is 3. The van der Waals surface area contributed by atoms with Crippen molar-refractivity contribution in [3.63, 3.8) is 0 Å². The Balaban J connectivity index is 1.58. The van der Waals surface area contributed by atoms with Gasteiger partial charge in [-0.2, -0.15) is 0 Å². The summed E-state index contributed by atoms with van der Waals surface area (Å²) in [4.78, 5) is 23.5. The van der Waals surface area contributed by atoms with Gasteiger partial charge in [0.1, 0.15) is 0 Å². The molecular formula is C24H25N3O2. The maximum Gasteiger partial charge on any atom is 0.319 e. The van der Waals surface area contributed by atoms with Gasteiger partial charge in [-0.1, -0.05) is 66.7 Å². The van der Waals surface area contributed by atoms with E-state index in [9.17, 15) is 9.59 Å². The predicted molar refractivity (Wildman–Crippen MR) is 117 cm³/mol. The summed E-state index contributed by atoms with van der Waals surface area (Å²) in [6, 6.07) is 27.4. The number of nitrogens with one attached hydrogen (secondary N) is 3. The maximum atomic E-state index is 12.3. The molecule has 0 aliphatic rings. The molecule has 3 aromatic carbocycles. The van der Waals surface area contributed by atoms with Crippen molar-refractivity contribution in [2.24, 2.45) is 0 Å². The summed E-state index contributed by atoms with van der Waals surface area (Å²) in [5.41, 5.74) is 3.72. The molecule has 0 saturated heterocycles. The van der Waals surface area contributed by atoms with E-state index >= 15 is 0 Å². The fraction of sp³-hybridized carbons (Fsp3) is 0.167. The average molecular weight is 387 g/mol. The molecular weight excluding hydrogens is 362 g/mol. The van der Waals surface area contributed by atoms with Crippen molar-refractivity contribution in [1.82, 2.24) is 5.32 Å². The highest BCUT2D eigenvalue weighted by molar-refractivity contribution is 5.92. The molecule has 0 bridgehead atoms. The lowest BCUT2D eigenvalue weighted by Gasteiger charge is -2.18. The molecule has 0 saturated carbocycles. The third-order valence-corrected chi connectivity index (χ3v) is 4.56. The Hall–Kier alpha value is -3.60. The van der Waals surface area contributed by atoms with Crippen LogP contribution in [0.5, 0.6) is 0 Å². The highest BCUT2D eigenvalue weighted by Crippen LogP contribution is 2.27. The molecule has 0 aliphatic carbocycles. The summed E-state index contributed by atoms with van der Waals surface area (Å²) in [5.74, 6) is 0.0558. The van der Waals surface area contributed by atoms with Crippen molar-refractivity contribution in [3.8, 4) is 0 Å². The van der Waals surface area contributed by atoms with E-state index in [-0.39, 0.29) is 17.9 Å². The van der Waals surface area contributed by atoms with Gasteiger partial charge in [-0.25, -0.2) is 4.79 Å². The number of carbonyl (C=O) groups excluding carboxylic acids is 2. The molecule has 0 atom stereocenters. The van der Waals surface area contributed by atoms with E-state index < -0.39 is 0 Å². The minimum atomic E-state index is -0.273. The molecule has 5 nitrogen and oxygen atoms in total. The van der Waals surface area contributed by atoms with Gasteiger partial charge < -0.3 is 16.0 Å². The molecule has 148 valence electrons. The van der Waals surface area contributed by atoms with Crippen LogP contribution in [0.2, 0.25) is 0 Å². The van der Waals surface area contributed by atoms with E-state index in [2.05, 4.69) is 40.2 Å². The average Bonchev–Trinajstić information content (AvgIpc) is 2.72. The van der Waals surface area contributed by atoms with Crippen LogP contribution in [0.3, 0.4) is 0 Å². The van der Waals surface area contributed by atoms with Crippen LogP contribution in [-0.2, 0) is 4.79 Å². The Morgan fingerprint density at radius 3 is 1.86 bits per heavy atom. The van der Waals surface area contributed by atoms with Gasteiger partial charge >= 0.3 is 6.03 Å². The second kappa shape index (κ2) is 10.1. The van der Waals surface area contributed by atoms with E-state index in [1.165, 1.54) is 18.1 Å². The molecule has 3 N–H and O–H groups in total. The second-order valence-corrected chi connectivity index (χ2v) is 6.81.